The molecule has 8 heteroatoms. The van der Waals surface area contributed by atoms with Crippen molar-refractivity contribution in [3.05, 3.63) is 85.8 Å². The van der Waals surface area contributed by atoms with Gasteiger partial charge in [-0.15, -0.1) is 10.2 Å². The van der Waals surface area contributed by atoms with E-state index in [0.29, 0.717) is 10.2 Å². The number of nitrogens with zero attached hydrogens (tertiary/aromatic N) is 4. The Hall–Kier alpha value is -2.09. The molecule has 0 saturated heterocycles. The van der Waals surface area contributed by atoms with E-state index < -0.39 is 0 Å². The second-order valence-electron chi connectivity index (χ2n) is 5.91. The second kappa shape index (κ2) is 7.50. The van der Waals surface area contributed by atoms with E-state index in [-0.39, 0.29) is 11.2 Å². The van der Waals surface area contributed by atoms with Crippen molar-refractivity contribution in [3.8, 4) is 5.69 Å². The van der Waals surface area contributed by atoms with Gasteiger partial charge in [0.05, 0.1) is 5.69 Å². The van der Waals surface area contributed by atoms with Crippen molar-refractivity contribution < 1.29 is 0 Å². The summed E-state index contributed by atoms with van der Waals surface area (Å²) in [5, 5.41) is 9.59. The fraction of sp³-hybridized carbons (Fsp3) is 0.105. The quantitative estimate of drug-likeness (QED) is 0.406. The molecule has 2 aromatic heterocycles. The van der Waals surface area contributed by atoms with Crippen LogP contribution in [0.2, 0.25) is 5.02 Å². The Kier molecular flexibility index (Phi) is 5.08. The summed E-state index contributed by atoms with van der Waals surface area (Å²) in [6.07, 6.45) is 3.53. The van der Waals surface area contributed by atoms with Crippen LogP contribution in [0.1, 0.15) is 11.1 Å². The first-order chi connectivity index (χ1) is 13.1. The van der Waals surface area contributed by atoms with Crippen LogP contribution < -0.4 is 5.56 Å². The number of aromatic nitrogens is 4. The minimum absolute atomic E-state index is 0.233. The van der Waals surface area contributed by atoms with Gasteiger partial charge in [-0.3, -0.25) is 13.8 Å². The summed E-state index contributed by atoms with van der Waals surface area (Å²) in [4.78, 5) is 12.9. The molecule has 136 valence electrons. The second-order valence-corrected chi connectivity index (χ2v) is 8.12. The lowest BCUT2D eigenvalue weighted by molar-refractivity contribution is 0.890. The largest absolute Gasteiger partial charge is 0.300 e. The van der Waals surface area contributed by atoms with Gasteiger partial charge in [0.15, 0.2) is 5.16 Å². The van der Waals surface area contributed by atoms with Crippen LogP contribution in [-0.2, 0) is 5.75 Å². The molecule has 0 radical (unpaired) electrons. The molecular weight excluding hydrogens is 448 g/mol. The number of halogens is 2. The maximum absolute atomic E-state index is 12.9. The highest BCUT2D eigenvalue weighted by Crippen LogP contribution is 2.26. The van der Waals surface area contributed by atoms with Crippen LogP contribution in [0.5, 0.6) is 0 Å². The van der Waals surface area contributed by atoms with Crippen LogP contribution in [0, 0.1) is 6.92 Å². The van der Waals surface area contributed by atoms with Crippen LogP contribution in [0.15, 0.2) is 69.3 Å². The molecule has 2 aromatic carbocycles. The fourth-order valence-electron chi connectivity index (χ4n) is 2.77. The predicted octanol–water partition coefficient (Wildman–Crippen LogP) is 4.90. The Morgan fingerprint density at radius 1 is 1.11 bits per heavy atom. The molecule has 4 rings (SSSR count). The van der Waals surface area contributed by atoms with E-state index in [0.717, 1.165) is 27.0 Å². The molecule has 4 aromatic rings. The van der Waals surface area contributed by atoms with Gasteiger partial charge < -0.3 is 0 Å². The molecule has 27 heavy (non-hydrogen) atoms. The number of thioether (sulfide) groups is 1. The summed E-state index contributed by atoms with van der Waals surface area (Å²) in [5.41, 5.74) is 2.78. The lowest BCUT2D eigenvalue weighted by Crippen LogP contribution is -2.21. The molecule has 0 aliphatic rings. The van der Waals surface area contributed by atoms with Crippen LogP contribution in [0.25, 0.3) is 11.3 Å². The first-order valence-corrected chi connectivity index (χ1v) is 10.3. The maximum atomic E-state index is 12.9. The van der Waals surface area contributed by atoms with E-state index in [1.54, 1.807) is 27.4 Å². The summed E-state index contributed by atoms with van der Waals surface area (Å²) in [5.74, 6) is 0.721. The Labute approximate surface area is 173 Å². The molecule has 0 atom stereocenters. The lowest BCUT2D eigenvalue weighted by atomic mass is 10.2. The fourth-order valence-corrected chi connectivity index (χ4v) is 4.47. The summed E-state index contributed by atoms with van der Waals surface area (Å²) >= 11 is 11.3. The average Bonchev–Trinajstić information content (AvgIpc) is 3.08. The zero-order chi connectivity index (χ0) is 19.0. The minimum atomic E-state index is -0.233. The first kappa shape index (κ1) is 18.3. The van der Waals surface area contributed by atoms with Crippen molar-refractivity contribution in [1.82, 2.24) is 19.2 Å². The highest BCUT2D eigenvalue weighted by molar-refractivity contribution is 9.10. The summed E-state index contributed by atoms with van der Waals surface area (Å²) in [6, 6.07) is 13.5. The van der Waals surface area contributed by atoms with E-state index in [9.17, 15) is 4.79 Å². The van der Waals surface area contributed by atoms with Crippen LogP contribution >= 0.6 is 39.3 Å². The van der Waals surface area contributed by atoms with E-state index in [1.165, 1.54) is 11.8 Å². The highest BCUT2D eigenvalue weighted by atomic mass is 79.9. The van der Waals surface area contributed by atoms with Gasteiger partial charge in [0.25, 0.3) is 0 Å². The zero-order valence-electron chi connectivity index (χ0n) is 14.3. The van der Waals surface area contributed by atoms with Gasteiger partial charge in [-0.1, -0.05) is 63.6 Å². The molecule has 0 aliphatic carbocycles. The predicted molar refractivity (Wildman–Crippen MR) is 112 cm³/mol. The standard InChI is InChI=1S/C19H14BrClN4OS/c1-12-15(21)7-4-8-16(12)24-9-10-25-17(18(24)26)22-23-19(25)27-11-13-5-2-3-6-14(13)20/h2-10H,11H2,1H3. The molecule has 0 aliphatic heterocycles. The number of fused-ring (bicyclic) bond motifs is 1. The van der Waals surface area contributed by atoms with E-state index in [1.807, 2.05) is 37.3 Å². The number of hydrogen-bond donors (Lipinski definition) is 0. The molecule has 0 N–H and O–H groups in total. The Morgan fingerprint density at radius 3 is 2.74 bits per heavy atom. The monoisotopic (exact) mass is 460 g/mol. The Bertz CT molecular complexity index is 1200. The van der Waals surface area contributed by atoms with Crippen molar-refractivity contribution in [2.75, 3.05) is 0 Å². The van der Waals surface area contributed by atoms with Gasteiger partial charge in [0, 0.05) is 27.6 Å². The van der Waals surface area contributed by atoms with Crippen molar-refractivity contribution >= 4 is 44.9 Å². The molecular formula is C19H14BrClN4OS. The molecule has 0 amide bonds. The lowest BCUT2D eigenvalue weighted by Gasteiger charge is -2.10. The summed E-state index contributed by atoms with van der Waals surface area (Å²) in [6.45, 7) is 1.89. The topological polar surface area (TPSA) is 52.2 Å². The summed E-state index contributed by atoms with van der Waals surface area (Å²) in [7, 11) is 0. The van der Waals surface area contributed by atoms with Crippen LogP contribution in [0.4, 0.5) is 0 Å². The molecule has 0 bridgehead atoms. The van der Waals surface area contributed by atoms with Gasteiger partial charge in [0.1, 0.15) is 0 Å². The van der Waals surface area contributed by atoms with Gasteiger partial charge in [-0.2, -0.15) is 0 Å². The van der Waals surface area contributed by atoms with Crippen molar-refractivity contribution in [2.24, 2.45) is 0 Å². The van der Waals surface area contributed by atoms with Gasteiger partial charge in [-0.25, -0.2) is 0 Å². The molecule has 0 fully saturated rings. The van der Waals surface area contributed by atoms with E-state index >= 15 is 0 Å². The van der Waals surface area contributed by atoms with Crippen LogP contribution in [0.3, 0.4) is 0 Å². The summed E-state index contributed by atoms with van der Waals surface area (Å²) < 4.78 is 4.32. The third-order valence-corrected chi connectivity index (χ3v) is 6.43. The minimum Gasteiger partial charge on any atom is -0.279 e. The SMILES string of the molecule is Cc1c(Cl)cccc1-n1ccn2c(SCc3ccccc3Br)nnc2c1=O. The van der Waals surface area contributed by atoms with Gasteiger partial charge in [-0.05, 0) is 36.2 Å². The van der Waals surface area contributed by atoms with Gasteiger partial charge >= 0.3 is 5.56 Å². The van der Waals surface area contributed by atoms with Gasteiger partial charge in [0.2, 0.25) is 5.65 Å². The molecule has 0 spiro atoms. The molecule has 2 heterocycles. The molecule has 0 unspecified atom stereocenters. The first-order valence-electron chi connectivity index (χ1n) is 8.14. The smallest absolute Gasteiger partial charge is 0.279 e. The highest BCUT2D eigenvalue weighted by Gasteiger charge is 2.14. The maximum Gasteiger partial charge on any atom is 0.300 e. The van der Waals surface area contributed by atoms with Crippen LogP contribution in [-0.4, -0.2) is 19.2 Å². The van der Waals surface area contributed by atoms with Crippen molar-refractivity contribution in [2.45, 2.75) is 17.8 Å². The van der Waals surface area contributed by atoms with E-state index in [2.05, 4.69) is 32.2 Å². The molecule has 5 nitrogen and oxygen atoms in total. The van der Waals surface area contributed by atoms with Crippen molar-refractivity contribution in [1.29, 1.82) is 0 Å². The normalized spacial score (nSPS) is 11.2. The van der Waals surface area contributed by atoms with Crippen molar-refractivity contribution in [3.63, 3.8) is 0 Å². The number of rotatable bonds is 4. The average molecular weight is 462 g/mol. The van der Waals surface area contributed by atoms with E-state index in [4.69, 9.17) is 11.6 Å². The number of benzene rings is 2. The zero-order valence-corrected chi connectivity index (χ0v) is 17.4. The molecule has 0 saturated carbocycles. The Balaban J connectivity index is 1.71. The number of hydrogen-bond acceptors (Lipinski definition) is 4. The third kappa shape index (κ3) is 3.42. The Morgan fingerprint density at radius 2 is 1.93 bits per heavy atom. The third-order valence-electron chi connectivity index (χ3n) is 4.25.